The highest BCUT2D eigenvalue weighted by Crippen LogP contribution is 2.57. The van der Waals surface area contributed by atoms with Gasteiger partial charge in [0.05, 0.1) is 16.1 Å². The van der Waals surface area contributed by atoms with Crippen molar-refractivity contribution in [2.75, 3.05) is 0 Å². The first-order chi connectivity index (χ1) is 11.7. The molecule has 5 rings (SSSR count). The molecule has 2 heterocycles. The van der Waals surface area contributed by atoms with Gasteiger partial charge in [-0.15, -0.1) is 0 Å². The number of fused-ring (bicyclic) bond motifs is 6. The summed E-state index contributed by atoms with van der Waals surface area (Å²) in [6, 6.07) is 20.5. The van der Waals surface area contributed by atoms with Gasteiger partial charge in [0.2, 0.25) is 0 Å². The number of para-hydroxylation sites is 1. The van der Waals surface area contributed by atoms with Crippen molar-refractivity contribution in [3.05, 3.63) is 94.0 Å². The molecular formula is C20H11ClO3. The van der Waals surface area contributed by atoms with Crippen LogP contribution in [0.5, 0.6) is 11.5 Å². The number of halogens is 1. The summed E-state index contributed by atoms with van der Waals surface area (Å²) in [5.41, 5.74) is 1.73. The third kappa shape index (κ3) is 1.55. The lowest BCUT2D eigenvalue weighted by Crippen LogP contribution is -2.33. The normalized spacial score (nSPS) is 20.0. The summed E-state index contributed by atoms with van der Waals surface area (Å²) in [5, 5.41) is 0.506. The lowest BCUT2D eigenvalue weighted by Gasteiger charge is -2.36. The van der Waals surface area contributed by atoms with Crippen LogP contribution in [0, 0.1) is 0 Å². The summed E-state index contributed by atoms with van der Waals surface area (Å²) in [6.07, 6.45) is 0. The van der Waals surface area contributed by atoms with Crippen LogP contribution in [0.25, 0.3) is 0 Å². The number of rotatable bonds is 0. The van der Waals surface area contributed by atoms with Gasteiger partial charge in [-0.25, -0.2) is 4.79 Å². The van der Waals surface area contributed by atoms with Gasteiger partial charge in [0.1, 0.15) is 11.5 Å². The first-order valence-electron chi connectivity index (χ1n) is 7.61. The molecule has 0 fully saturated rings. The van der Waals surface area contributed by atoms with Gasteiger partial charge in [-0.1, -0.05) is 54.1 Å². The van der Waals surface area contributed by atoms with Crippen molar-refractivity contribution in [2.24, 2.45) is 0 Å². The predicted octanol–water partition coefficient (Wildman–Crippen LogP) is 4.91. The lowest BCUT2D eigenvalue weighted by molar-refractivity contribution is 0.0225. The molecular weight excluding hydrogens is 324 g/mol. The van der Waals surface area contributed by atoms with Crippen molar-refractivity contribution in [2.45, 2.75) is 5.60 Å². The van der Waals surface area contributed by atoms with Crippen molar-refractivity contribution < 1.29 is 14.3 Å². The van der Waals surface area contributed by atoms with Crippen LogP contribution < -0.4 is 4.74 Å². The summed E-state index contributed by atoms with van der Waals surface area (Å²) >= 11 is 6.52. The van der Waals surface area contributed by atoms with Crippen LogP contribution in [-0.4, -0.2) is 5.97 Å². The molecule has 0 saturated heterocycles. The second kappa shape index (κ2) is 4.62. The molecule has 0 radical (unpaired) electrons. The molecule has 0 aromatic heterocycles. The number of esters is 1. The monoisotopic (exact) mass is 334 g/mol. The molecule has 0 amide bonds. The van der Waals surface area contributed by atoms with Gasteiger partial charge in [-0.05, 0) is 24.3 Å². The van der Waals surface area contributed by atoms with Gasteiger partial charge in [-0.2, -0.15) is 0 Å². The minimum Gasteiger partial charge on any atom is -0.456 e. The van der Waals surface area contributed by atoms with Crippen molar-refractivity contribution in [1.29, 1.82) is 0 Å². The van der Waals surface area contributed by atoms with Gasteiger partial charge in [0, 0.05) is 11.1 Å². The molecule has 0 saturated carbocycles. The average Bonchev–Trinajstić information content (AvgIpc) is 2.89. The van der Waals surface area contributed by atoms with Crippen molar-refractivity contribution in [3.8, 4) is 11.5 Å². The fourth-order valence-electron chi connectivity index (χ4n) is 3.63. The molecule has 1 spiro atoms. The van der Waals surface area contributed by atoms with Gasteiger partial charge < -0.3 is 9.47 Å². The van der Waals surface area contributed by atoms with E-state index in [1.165, 1.54) is 0 Å². The summed E-state index contributed by atoms with van der Waals surface area (Å²) in [6.45, 7) is 0. The molecule has 1 atom stereocenters. The number of ether oxygens (including phenoxy) is 2. The zero-order valence-corrected chi connectivity index (χ0v) is 13.2. The van der Waals surface area contributed by atoms with Crippen LogP contribution in [0.2, 0.25) is 5.02 Å². The Morgan fingerprint density at radius 3 is 2.38 bits per heavy atom. The molecule has 3 aromatic carbocycles. The molecule has 2 aliphatic rings. The molecule has 0 bridgehead atoms. The maximum atomic E-state index is 12.6. The van der Waals surface area contributed by atoms with E-state index in [1.54, 1.807) is 12.1 Å². The maximum absolute atomic E-state index is 12.6. The predicted molar refractivity (Wildman–Crippen MR) is 89.7 cm³/mol. The van der Waals surface area contributed by atoms with E-state index in [2.05, 4.69) is 0 Å². The van der Waals surface area contributed by atoms with E-state index in [-0.39, 0.29) is 5.97 Å². The Morgan fingerprint density at radius 2 is 1.50 bits per heavy atom. The first kappa shape index (κ1) is 13.6. The maximum Gasteiger partial charge on any atom is 0.340 e. The second-order valence-electron chi connectivity index (χ2n) is 5.83. The summed E-state index contributed by atoms with van der Waals surface area (Å²) < 4.78 is 12.0. The smallest absolute Gasteiger partial charge is 0.340 e. The highest BCUT2D eigenvalue weighted by Gasteiger charge is 2.54. The Kier molecular flexibility index (Phi) is 2.62. The van der Waals surface area contributed by atoms with Crippen molar-refractivity contribution in [1.82, 2.24) is 0 Å². The molecule has 24 heavy (non-hydrogen) atoms. The van der Waals surface area contributed by atoms with E-state index in [0.717, 1.165) is 11.1 Å². The summed E-state index contributed by atoms with van der Waals surface area (Å²) in [4.78, 5) is 12.6. The third-order valence-electron chi connectivity index (χ3n) is 4.59. The largest absolute Gasteiger partial charge is 0.456 e. The Labute approximate surface area is 143 Å². The SMILES string of the molecule is O=C1OC2(c3ccccc3Oc3cccc(Cl)c32)c2ccccc21. The van der Waals surface area contributed by atoms with Crippen LogP contribution in [0.15, 0.2) is 66.7 Å². The first-order valence-corrected chi connectivity index (χ1v) is 7.99. The van der Waals surface area contributed by atoms with Crippen LogP contribution in [0.1, 0.15) is 27.0 Å². The van der Waals surface area contributed by atoms with Crippen LogP contribution in [-0.2, 0) is 10.3 Å². The molecule has 0 aliphatic carbocycles. The highest BCUT2D eigenvalue weighted by molar-refractivity contribution is 6.32. The number of benzene rings is 3. The van der Waals surface area contributed by atoms with Gasteiger partial charge in [0.15, 0.2) is 5.60 Å². The van der Waals surface area contributed by atoms with Crippen molar-refractivity contribution >= 4 is 17.6 Å². The lowest BCUT2D eigenvalue weighted by atomic mass is 9.78. The molecule has 0 N–H and O–H groups in total. The quantitative estimate of drug-likeness (QED) is 0.548. The van der Waals surface area contributed by atoms with Gasteiger partial charge >= 0.3 is 5.97 Å². The number of hydrogen-bond acceptors (Lipinski definition) is 3. The summed E-state index contributed by atoms with van der Waals surface area (Å²) in [5.74, 6) is 0.913. The van der Waals surface area contributed by atoms with E-state index in [0.29, 0.717) is 27.6 Å². The zero-order chi connectivity index (χ0) is 16.3. The average molecular weight is 335 g/mol. The van der Waals surface area contributed by atoms with Crippen LogP contribution >= 0.6 is 11.6 Å². The minimum absolute atomic E-state index is 0.354. The van der Waals surface area contributed by atoms with Crippen LogP contribution in [0.3, 0.4) is 0 Å². The topological polar surface area (TPSA) is 35.5 Å². The highest BCUT2D eigenvalue weighted by atomic mass is 35.5. The van der Waals surface area contributed by atoms with Gasteiger partial charge in [0.25, 0.3) is 0 Å². The van der Waals surface area contributed by atoms with E-state index in [9.17, 15) is 4.79 Å². The Balaban J connectivity index is 1.96. The fraction of sp³-hybridized carbons (Fsp3) is 0.0500. The fourth-order valence-corrected chi connectivity index (χ4v) is 3.93. The molecule has 3 nitrogen and oxygen atoms in total. The Bertz CT molecular complexity index is 1010. The Morgan fingerprint density at radius 1 is 0.792 bits per heavy atom. The number of hydrogen-bond donors (Lipinski definition) is 0. The van der Waals surface area contributed by atoms with Gasteiger partial charge in [-0.3, -0.25) is 0 Å². The zero-order valence-electron chi connectivity index (χ0n) is 12.5. The standard InChI is InChI=1S/C20H11ClO3/c21-15-9-5-11-17-18(15)20(14-8-3-4-10-16(14)23-17)13-7-2-1-6-12(13)19(22)24-20/h1-11H. The summed E-state index contributed by atoms with van der Waals surface area (Å²) in [7, 11) is 0. The molecule has 1 unspecified atom stereocenters. The molecule has 116 valence electrons. The number of carbonyl (C=O) groups excluding carboxylic acids is 1. The Hall–Kier alpha value is -2.78. The molecule has 3 aromatic rings. The minimum atomic E-state index is -1.07. The number of carbonyl (C=O) groups is 1. The van der Waals surface area contributed by atoms with E-state index >= 15 is 0 Å². The van der Waals surface area contributed by atoms with E-state index in [4.69, 9.17) is 21.1 Å². The van der Waals surface area contributed by atoms with Crippen molar-refractivity contribution in [3.63, 3.8) is 0 Å². The van der Waals surface area contributed by atoms with E-state index < -0.39 is 5.60 Å². The molecule has 2 aliphatic heterocycles. The second-order valence-corrected chi connectivity index (χ2v) is 6.23. The molecule has 4 heteroatoms. The van der Waals surface area contributed by atoms with Crippen LogP contribution in [0.4, 0.5) is 0 Å². The van der Waals surface area contributed by atoms with E-state index in [1.807, 2.05) is 54.6 Å². The third-order valence-corrected chi connectivity index (χ3v) is 4.90.